The molecule has 0 aliphatic rings. The quantitative estimate of drug-likeness (QED) is 0.834. The third kappa shape index (κ3) is 2.42. The fraction of sp³-hybridized carbons (Fsp3) is 0. The van der Waals surface area contributed by atoms with E-state index in [0.717, 1.165) is 0 Å². The van der Waals surface area contributed by atoms with Crippen molar-refractivity contribution in [3.63, 3.8) is 0 Å². The summed E-state index contributed by atoms with van der Waals surface area (Å²) >= 11 is 5.73. The van der Waals surface area contributed by atoms with Crippen LogP contribution in [-0.2, 0) is 0 Å². The first-order valence-corrected chi connectivity index (χ1v) is 5.11. The number of hydrogen-bond acceptors (Lipinski definition) is 2. The number of aromatic nitrogens is 1. The highest BCUT2D eigenvalue weighted by Crippen LogP contribution is 2.22. The number of carboxylic acid groups (broad SMARTS) is 1. The van der Waals surface area contributed by atoms with Crippen LogP contribution in [0.4, 0.5) is 4.39 Å². The van der Waals surface area contributed by atoms with E-state index in [-0.39, 0.29) is 16.5 Å². The number of rotatable bonds is 2. The molecule has 1 heterocycles. The Morgan fingerprint density at radius 1 is 1.29 bits per heavy atom. The summed E-state index contributed by atoms with van der Waals surface area (Å²) in [6.07, 6.45) is 0. The van der Waals surface area contributed by atoms with E-state index in [1.54, 1.807) is 12.1 Å². The van der Waals surface area contributed by atoms with Crippen LogP contribution < -0.4 is 0 Å². The maximum Gasteiger partial charge on any atom is 0.338 e. The zero-order chi connectivity index (χ0) is 12.4. The van der Waals surface area contributed by atoms with Gasteiger partial charge in [-0.05, 0) is 24.3 Å². The third-order valence-corrected chi connectivity index (χ3v) is 2.49. The Hall–Kier alpha value is -1.94. The average Bonchev–Trinajstić information content (AvgIpc) is 2.28. The smallest absolute Gasteiger partial charge is 0.338 e. The topological polar surface area (TPSA) is 50.2 Å². The van der Waals surface area contributed by atoms with Crippen molar-refractivity contribution in [3.8, 4) is 11.3 Å². The van der Waals surface area contributed by atoms with Crippen molar-refractivity contribution in [2.45, 2.75) is 0 Å². The van der Waals surface area contributed by atoms with E-state index >= 15 is 0 Å². The van der Waals surface area contributed by atoms with Gasteiger partial charge in [-0.25, -0.2) is 14.2 Å². The van der Waals surface area contributed by atoms with Crippen LogP contribution in [0.3, 0.4) is 0 Å². The highest BCUT2D eigenvalue weighted by atomic mass is 35.5. The van der Waals surface area contributed by atoms with Crippen LogP contribution in [0.5, 0.6) is 0 Å². The number of benzene rings is 1. The molecule has 17 heavy (non-hydrogen) atoms. The lowest BCUT2D eigenvalue weighted by Crippen LogP contribution is -1.99. The minimum absolute atomic E-state index is 0.0770. The Balaban J connectivity index is 2.48. The first-order valence-electron chi connectivity index (χ1n) is 4.73. The Morgan fingerprint density at radius 3 is 2.65 bits per heavy atom. The monoisotopic (exact) mass is 251 g/mol. The van der Waals surface area contributed by atoms with Gasteiger partial charge in [0.25, 0.3) is 0 Å². The number of nitrogens with zero attached hydrogens (tertiary/aromatic N) is 1. The average molecular weight is 252 g/mol. The summed E-state index contributed by atoms with van der Waals surface area (Å²) in [6.45, 7) is 0. The number of carbonyl (C=O) groups is 1. The fourth-order valence-corrected chi connectivity index (χ4v) is 1.64. The van der Waals surface area contributed by atoms with Gasteiger partial charge in [-0.15, -0.1) is 0 Å². The second kappa shape index (κ2) is 4.51. The predicted octanol–water partition coefficient (Wildman–Crippen LogP) is 3.24. The molecule has 2 rings (SSSR count). The normalized spacial score (nSPS) is 10.2. The largest absolute Gasteiger partial charge is 0.478 e. The molecule has 1 aromatic carbocycles. The van der Waals surface area contributed by atoms with Crippen molar-refractivity contribution in [3.05, 3.63) is 52.9 Å². The lowest BCUT2D eigenvalue weighted by Gasteiger charge is -2.03. The summed E-state index contributed by atoms with van der Waals surface area (Å²) in [4.78, 5) is 14.7. The molecule has 0 amide bonds. The molecule has 0 radical (unpaired) electrons. The van der Waals surface area contributed by atoms with Gasteiger partial charge >= 0.3 is 5.97 Å². The summed E-state index contributed by atoms with van der Waals surface area (Å²) in [5, 5.41) is 8.67. The van der Waals surface area contributed by atoms with E-state index in [9.17, 15) is 9.18 Å². The number of carboxylic acids is 1. The van der Waals surface area contributed by atoms with E-state index in [2.05, 4.69) is 4.98 Å². The lowest BCUT2D eigenvalue weighted by atomic mass is 10.1. The van der Waals surface area contributed by atoms with Crippen LogP contribution >= 0.6 is 11.6 Å². The minimum Gasteiger partial charge on any atom is -0.478 e. The Bertz CT molecular complexity index is 586. The second-order valence-electron chi connectivity index (χ2n) is 3.35. The molecule has 5 heteroatoms. The van der Waals surface area contributed by atoms with E-state index in [1.807, 2.05) is 0 Å². The Labute approximate surface area is 101 Å². The zero-order valence-corrected chi connectivity index (χ0v) is 9.28. The molecule has 0 spiro atoms. The predicted molar refractivity (Wildman–Crippen MR) is 61.6 cm³/mol. The molecule has 0 bridgehead atoms. The lowest BCUT2D eigenvalue weighted by molar-refractivity contribution is 0.0696. The molecule has 0 unspecified atom stereocenters. The van der Waals surface area contributed by atoms with Crippen molar-refractivity contribution >= 4 is 17.6 Å². The standard InChI is InChI=1S/C12H7ClFNO2/c13-11-9(12(16)17)4-5-10(15-11)7-2-1-3-8(14)6-7/h1-6H,(H,16,17). The van der Waals surface area contributed by atoms with Gasteiger partial charge in [0.2, 0.25) is 0 Å². The molecule has 0 saturated carbocycles. The highest BCUT2D eigenvalue weighted by molar-refractivity contribution is 6.32. The molecule has 86 valence electrons. The second-order valence-corrected chi connectivity index (χ2v) is 3.71. The van der Waals surface area contributed by atoms with Crippen LogP contribution in [0, 0.1) is 5.82 Å². The number of halogens is 2. The molecule has 0 saturated heterocycles. The number of pyridine rings is 1. The Morgan fingerprint density at radius 2 is 2.06 bits per heavy atom. The van der Waals surface area contributed by atoms with Crippen LogP contribution in [0.1, 0.15) is 10.4 Å². The molecular weight excluding hydrogens is 245 g/mol. The molecule has 1 N–H and O–H groups in total. The van der Waals surface area contributed by atoms with Crippen molar-refractivity contribution in [1.29, 1.82) is 0 Å². The molecule has 1 aromatic heterocycles. The van der Waals surface area contributed by atoms with Gasteiger partial charge in [-0.2, -0.15) is 0 Å². The van der Waals surface area contributed by atoms with Crippen molar-refractivity contribution in [2.75, 3.05) is 0 Å². The molecule has 0 aliphatic heterocycles. The van der Waals surface area contributed by atoms with Crippen molar-refractivity contribution < 1.29 is 14.3 Å². The summed E-state index contributed by atoms with van der Waals surface area (Å²) in [5.41, 5.74) is 0.898. The maximum absolute atomic E-state index is 13.0. The summed E-state index contributed by atoms with van der Waals surface area (Å²) < 4.78 is 13.0. The van der Waals surface area contributed by atoms with Crippen LogP contribution in [0.15, 0.2) is 36.4 Å². The van der Waals surface area contributed by atoms with E-state index in [0.29, 0.717) is 11.3 Å². The van der Waals surface area contributed by atoms with Gasteiger partial charge in [0.05, 0.1) is 11.3 Å². The highest BCUT2D eigenvalue weighted by Gasteiger charge is 2.11. The van der Waals surface area contributed by atoms with Gasteiger partial charge < -0.3 is 5.11 Å². The summed E-state index contributed by atoms with van der Waals surface area (Å²) in [6, 6.07) is 8.67. The first-order chi connectivity index (χ1) is 8.08. The number of hydrogen-bond donors (Lipinski definition) is 1. The zero-order valence-electron chi connectivity index (χ0n) is 8.52. The summed E-state index contributed by atoms with van der Waals surface area (Å²) in [5.74, 6) is -1.53. The van der Waals surface area contributed by atoms with Crippen LogP contribution in [0.25, 0.3) is 11.3 Å². The molecule has 0 fully saturated rings. The molecule has 0 aliphatic carbocycles. The molecule has 2 aromatic rings. The molecular formula is C12H7ClFNO2. The van der Waals surface area contributed by atoms with E-state index in [1.165, 1.54) is 24.3 Å². The van der Waals surface area contributed by atoms with Crippen molar-refractivity contribution in [1.82, 2.24) is 4.98 Å². The summed E-state index contributed by atoms with van der Waals surface area (Å²) in [7, 11) is 0. The van der Waals surface area contributed by atoms with Gasteiger partial charge in [-0.1, -0.05) is 23.7 Å². The van der Waals surface area contributed by atoms with Gasteiger partial charge in [0, 0.05) is 5.56 Å². The van der Waals surface area contributed by atoms with Crippen molar-refractivity contribution in [2.24, 2.45) is 0 Å². The maximum atomic E-state index is 13.0. The van der Waals surface area contributed by atoms with Crippen LogP contribution in [-0.4, -0.2) is 16.1 Å². The van der Waals surface area contributed by atoms with Gasteiger partial charge in [-0.3, -0.25) is 0 Å². The van der Waals surface area contributed by atoms with E-state index < -0.39 is 5.97 Å². The SMILES string of the molecule is O=C(O)c1ccc(-c2cccc(F)c2)nc1Cl. The minimum atomic E-state index is -1.15. The molecule has 0 atom stereocenters. The van der Waals surface area contributed by atoms with Gasteiger partial charge in [0.1, 0.15) is 11.0 Å². The van der Waals surface area contributed by atoms with E-state index in [4.69, 9.17) is 16.7 Å². The van der Waals surface area contributed by atoms with Crippen LogP contribution in [0.2, 0.25) is 5.15 Å². The number of aromatic carboxylic acids is 1. The Kier molecular flexibility index (Phi) is 3.06. The van der Waals surface area contributed by atoms with Gasteiger partial charge in [0.15, 0.2) is 0 Å². The third-order valence-electron chi connectivity index (χ3n) is 2.20. The fourth-order valence-electron chi connectivity index (χ4n) is 1.40. The first kappa shape index (κ1) is 11.5. The molecule has 3 nitrogen and oxygen atoms in total.